The van der Waals surface area contributed by atoms with Crippen LogP contribution in [-0.2, 0) is 0 Å². The van der Waals surface area contributed by atoms with Gasteiger partial charge in [0.25, 0.3) is 0 Å². The fourth-order valence-electron chi connectivity index (χ4n) is 4.52. The third-order valence-corrected chi connectivity index (χ3v) is 6.35. The largest absolute Gasteiger partial charge is 0.440 e. The van der Waals surface area contributed by atoms with E-state index >= 15 is 0 Å². The summed E-state index contributed by atoms with van der Waals surface area (Å²) in [6, 6.07) is 11.6. The maximum absolute atomic E-state index is 12.0. The number of aryl methyl sites for hydroxylation is 1. The number of fused-ring (bicyclic) bond motifs is 1. The van der Waals surface area contributed by atoms with E-state index < -0.39 is 0 Å². The van der Waals surface area contributed by atoms with Crippen LogP contribution in [0.2, 0.25) is 5.02 Å². The quantitative estimate of drug-likeness (QED) is 0.367. The molecule has 1 aliphatic rings. The van der Waals surface area contributed by atoms with Crippen LogP contribution in [0.25, 0.3) is 22.5 Å². The van der Waals surface area contributed by atoms with Crippen LogP contribution < -0.4 is 4.90 Å². The first-order valence-electron chi connectivity index (χ1n) is 10.7. The molecule has 2 aromatic heterocycles. The molecule has 32 heavy (non-hydrogen) atoms. The van der Waals surface area contributed by atoms with Gasteiger partial charge in [0.15, 0.2) is 23.6 Å². The van der Waals surface area contributed by atoms with E-state index in [1.54, 1.807) is 24.5 Å². The van der Waals surface area contributed by atoms with Gasteiger partial charge in [-0.2, -0.15) is 0 Å². The minimum absolute atomic E-state index is 0.127. The maximum atomic E-state index is 12.0. The molecule has 0 amide bonds. The zero-order chi connectivity index (χ0) is 22.2. The summed E-state index contributed by atoms with van der Waals surface area (Å²) in [5.41, 5.74) is 4.86. The third kappa shape index (κ3) is 3.75. The van der Waals surface area contributed by atoms with Crippen LogP contribution in [0.1, 0.15) is 47.5 Å². The molecule has 6 nitrogen and oxygen atoms in total. The van der Waals surface area contributed by atoms with E-state index in [9.17, 15) is 4.79 Å². The lowest BCUT2D eigenvalue weighted by Gasteiger charge is -2.40. The fourth-order valence-corrected chi connectivity index (χ4v) is 4.68. The van der Waals surface area contributed by atoms with Gasteiger partial charge in [-0.05, 0) is 62.6 Å². The Morgan fingerprint density at radius 1 is 1.16 bits per heavy atom. The Morgan fingerprint density at radius 2 is 1.97 bits per heavy atom. The number of carbonyl (C=O) groups excluding carboxylic acids is 1. The molecular formula is C25H23ClN4O2. The van der Waals surface area contributed by atoms with Gasteiger partial charge in [0.05, 0.1) is 11.5 Å². The molecule has 1 saturated heterocycles. The van der Waals surface area contributed by atoms with Crippen molar-refractivity contribution in [1.82, 2.24) is 15.0 Å². The number of benzene rings is 2. The summed E-state index contributed by atoms with van der Waals surface area (Å²) in [7, 11) is 0. The van der Waals surface area contributed by atoms with Crippen molar-refractivity contribution in [2.45, 2.75) is 38.6 Å². The molecule has 0 bridgehead atoms. The van der Waals surface area contributed by atoms with Crippen molar-refractivity contribution in [2.24, 2.45) is 0 Å². The lowest BCUT2D eigenvalue weighted by molar-refractivity contribution is 0.112. The molecule has 2 aromatic carbocycles. The second kappa shape index (κ2) is 8.36. The highest BCUT2D eigenvalue weighted by Gasteiger charge is 2.32. The molecule has 4 aromatic rings. The summed E-state index contributed by atoms with van der Waals surface area (Å²) < 4.78 is 6.09. The normalized spacial score (nSPS) is 18.8. The Labute approximate surface area is 191 Å². The number of anilines is 1. The predicted molar refractivity (Wildman–Crippen MR) is 125 cm³/mol. The second-order valence-electron chi connectivity index (χ2n) is 8.38. The monoisotopic (exact) mass is 446 g/mol. The lowest BCUT2D eigenvalue weighted by Crippen LogP contribution is -2.41. The van der Waals surface area contributed by atoms with E-state index in [2.05, 4.69) is 27.9 Å². The van der Waals surface area contributed by atoms with Crippen LogP contribution in [0.15, 0.2) is 53.2 Å². The summed E-state index contributed by atoms with van der Waals surface area (Å²) in [6.07, 6.45) is 6.24. The molecule has 1 fully saturated rings. The number of hydrogen-bond acceptors (Lipinski definition) is 6. The highest BCUT2D eigenvalue weighted by molar-refractivity contribution is 6.31. The zero-order valence-corrected chi connectivity index (χ0v) is 18.7. The first-order valence-corrected chi connectivity index (χ1v) is 11.1. The summed E-state index contributed by atoms with van der Waals surface area (Å²) in [6.45, 7) is 4.94. The number of nitrogens with zero attached hydrogens (tertiary/aromatic N) is 4. The number of hydrogen-bond donors (Lipinski definition) is 0. The number of rotatable bonds is 4. The molecule has 3 heterocycles. The van der Waals surface area contributed by atoms with Crippen LogP contribution in [0.5, 0.6) is 0 Å². The topological polar surface area (TPSA) is 72.1 Å². The Kier molecular flexibility index (Phi) is 5.39. The zero-order valence-electron chi connectivity index (χ0n) is 18.0. The van der Waals surface area contributed by atoms with Crippen molar-refractivity contribution in [3.05, 3.63) is 70.8 Å². The highest BCUT2D eigenvalue weighted by Crippen LogP contribution is 2.39. The van der Waals surface area contributed by atoms with Gasteiger partial charge >= 0.3 is 0 Å². The van der Waals surface area contributed by atoms with E-state index in [4.69, 9.17) is 21.0 Å². The predicted octanol–water partition coefficient (Wildman–Crippen LogP) is 5.83. The number of halogens is 1. The molecule has 0 spiro atoms. The molecule has 0 radical (unpaired) electrons. The molecule has 162 valence electrons. The molecule has 0 unspecified atom stereocenters. The Balaban J connectivity index is 1.57. The van der Waals surface area contributed by atoms with E-state index in [1.807, 2.05) is 25.1 Å². The molecule has 5 rings (SSSR count). The average Bonchev–Trinajstić information content (AvgIpc) is 3.22. The van der Waals surface area contributed by atoms with Crippen molar-refractivity contribution in [2.75, 3.05) is 11.4 Å². The van der Waals surface area contributed by atoms with Crippen molar-refractivity contribution in [3.63, 3.8) is 0 Å². The van der Waals surface area contributed by atoms with E-state index in [0.29, 0.717) is 22.0 Å². The fraction of sp³-hybridized carbons (Fsp3) is 0.280. The van der Waals surface area contributed by atoms with E-state index in [0.717, 1.165) is 53.9 Å². The van der Waals surface area contributed by atoms with Gasteiger partial charge in [-0.15, -0.1) is 0 Å². The van der Waals surface area contributed by atoms with Crippen molar-refractivity contribution in [1.29, 1.82) is 0 Å². The summed E-state index contributed by atoms with van der Waals surface area (Å²) >= 11 is 6.12. The molecular weight excluding hydrogens is 424 g/mol. The van der Waals surface area contributed by atoms with Gasteiger partial charge in [-0.3, -0.25) is 4.79 Å². The Morgan fingerprint density at radius 3 is 2.75 bits per heavy atom. The number of aromatic nitrogens is 3. The van der Waals surface area contributed by atoms with Gasteiger partial charge in [0, 0.05) is 47.3 Å². The molecule has 7 heteroatoms. The number of oxazole rings is 1. The van der Waals surface area contributed by atoms with Crippen LogP contribution >= 0.6 is 11.6 Å². The maximum Gasteiger partial charge on any atom is 0.200 e. The number of piperidine rings is 1. The summed E-state index contributed by atoms with van der Waals surface area (Å²) in [5, 5.41) is 0.632. The number of aldehydes is 1. The van der Waals surface area contributed by atoms with Crippen LogP contribution in [0.4, 0.5) is 5.69 Å². The number of carbonyl (C=O) groups is 1. The molecule has 0 saturated carbocycles. The van der Waals surface area contributed by atoms with Crippen LogP contribution in [-0.4, -0.2) is 33.8 Å². The average molecular weight is 447 g/mol. The summed E-state index contributed by atoms with van der Waals surface area (Å²) in [4.78, 5) is 27.9. The minimum Gasteiger partial charge on any atom is -0.440 e. The Hall–Kier alpha value is -3.25. The third-order valence-electron chi connectivity index (χ3n) is 6.12. The van der Waals surface area contributed by atoms with Crippen LogP contribution in [0.3, 0.4) is 0 Å². The lowest BCUT2D eigenvalue weighted by atomic mass is 9.91. The van der Waals surface area contributed by atoms with Crippen molar-refractivity contribution >= 4 is 34.7 Å². The van der Waals surface area contributed by atoms with Crippen LogP contribution in [0, 0.1) is 6.92 Å². The van der Waals surface area contributed by atoms with E-state index in [1.165, 1.54) is 0 Å². The van der Waals surface area contributed by atoms with Gasteiger partial charge < -0.3 is 9.32 Å². The molecule has 0 N–H and O–H groups in total. The smallest absolute Gasteiger partial charge is 0.200 e. The minimum atomic E-state index is 0.127. The first kappa shape index (κ1) is 20.6. The van der Waals surface area contributed by atoms with E-state index in [-0.39, 0.29) is 12.0 Å². The molecule has 2 atom stereocenters. The molecule has 1 aliphatic heterocycles. The van der Waals surface area contributed by atoms with Gasteiger partial charge in [-0.1, -0.05) is 11.6 Å². The van der Waals surface area contributed by atoms with Gasteiger partial charge in [0.1, 0.15) is 5.52 Å². The van der Waals surface area contributed by atoms with Crippen molar-refractivity contribution < 1.29 is 9.21 Å². The second-order valence-corrected chi connectivity index (χ2v) is 8.81. The SMILES string of the molecule is Cc1cc(C=O)c(-c2ncccn2)c(N2C[C@H](c3nc4ccc(Cl)cc4o3)CC[C@H]2C)c1. The highest BCUT2D eigenvalue weighted by atomic mass is 35.5. The standard InChI is InChI=1S/C25H23ClN4O2/c1-15-10-18(14-31)23(24-27-8-3-9-28-24)21(11-15)30-13-17(5-4-16(30)2)25-29-20-7-6-19(26)12-22(20)32-25/h3,6-12,14,16-17H,4-5,13H2,1-2H3/t16-,17-/m1/s1. The first-order chi connectivity index (χ1) is 15.5. The van der Waals surface area contributed by atoms with Gasteiger partial charge in [-0.25, -0.2) is 15.0 Å². The Bertz CT molecular complexity index is 1290. The summed E-state index contributed by atoms with van der Waals surface area (Å²) in [5.74, 6) is 1.40. The van der Waals surface area contributed by atoms with Crippen molar-refractivity contribution in [3.8, 4) is 11.4 Å². The van der Waals surface area contributed by atoms with Gasteiger partial charge in [0.2, 0.25) is 0 Å². The molecule has 0 aliphatic carbocycles.